The van der Waals surface area contributed by atoms with Crippen molar-refractivity contribution in [3.05, 3.63) is 64.5 Å². The summed E-state index contributed by atoms with van der Waals surface area (Å²) in [6.45, 7) is 1.90. The first-order chi connectivity index (χ1) is 13.2. The molecule has 2 aromatic rings. The highest BCUT2D eigenvalue weighted by Crippen LogP contribution is 2.34. The fourth-order valence-electron chi connectivity index (χ4n) is 2.76. The maximum absolute atomic E-state index is 13.5. The van der Waals surface area contributed by atoms with Gasteiger partial charge in [0.25, 0.3) is 0 Å². The molecule has 0 aliphatic heterocycles. The molecule has 0 fully saturated rings. The summed E-state index contributed by atoms with van der Waals surface area (Å²) in [6.07, 6.45) is -3.35. The number of aryl methyl sites for hydroxylation is 1. The number of nitrogens with two attached hydrogens (primary N) is 2. The summed E-state index contributed by atoms with van der Waals surface area (Å²) >= 11 is 0. The van der Waals surface area contributed by atoms with E-state index in [1.54, 1.807) is 18.2 Å². The average Bonchev–Trinajstić information content (AvgIpc) is 2.62. The van der Waals surface area contributed by atoms with Crippen molar-refractivity contribution >= 4 is 17.8 Å². The molecule has 0 spiro atoms. The maximum atomic E-state index is 13.5. The Morgan fingerprint density at radius 1 is 1.25 bits per heavy atom. The van der Waals surface area contributed by atoms with Gasteiger partial charge in [0.1, 0.15) is 5.82 Å². The summed E-state index contributed by atoms with van der Waals surface area (Å²) in [6, 6.07) is 7.53. The number of rotatable bonds is 6. The van der Waals surface area contributed by atoms with Gasteiger partial charge < -0.3 is 16.9 Å². The van der Waals surface area contributed by atoms with Crippen LogP contribution in [0.15, 0.2) is 41.5 Å². The fourth-order valence-corrected chi connectivity index (χ4v) is 2.76. The molecular formula is C19H20F4N4O. The predicted octanol–water partition coefficient (Wildman–Crippen LogP) is 3.52. The fraction of sp³-hybridized carbons (Fsp3) is 0.263. The zero-order valence-electron chi connectivity index (χ0n) is 15.1. The molecule has 0 aromatic heterocycles. The molecule has 0 radical (unpaired) electrons. The number of hydrazone groups is 1. The Hall–Kier alpha value is -2.94. The minimum absolute atomic E-state index is 0.0348. The predicted molar refractivity (Wildman–Crippen MR) is 99.4 cm³/mol. The first-order valence-electron chi connectivity index (χ1n) is 8.39. The van der Waals surface area contributed by atoms with E-state index in [2.05, 4.69) is 10.4 Å². The van der Waals surface area contributed by atoms with Crippen LogP contribution >= 0.6 is 0 Å². The molecule has 0 saturated carbocycles. The molecule has 5 nitrogen and oxygen atoms in total. The first-order valence-corrected chi connectivity index (χ1v) is 8.39. The molecular weight excluding hydrogens is 376 g/mol. The van der Waals surface area contributed by atoms with E-state index >= 15 is 0 Å². The zero-order chi connectivity index (χ0) is 20.9. The van der Waals surface area contributed by atoms with Crippen LogP contribution in [0.2, 0.25) is 0 Å². The summed E-state index contributed by atoms with van der Waals surface area (Å²) in [5, 5.41) is 6.10. The quantitative estimate of drug-likeness (QED) is 0.302. The molecule has 150 valence electrons. The summed E-state index contributed by atoms with van der Waals surface area (Å²) in [7, 11) is 0. The standard InChI is InChI=1S/C19H20F4N4O/c1-11-2-4-14(8-13(11)10-26-25)27-18(28)15(6-7-24)12-3-5-17(20)16(9-12)19(21,22)23/h2-5,8-10,15H,6-7,24-25H2,1H3,(H,27,28)/b26-10+. The summed E-state index contributed by atoms with van der Waals surface area (Å²) in [4.78, 5) is 12.7. The van der Waals surface area contributed by atoms with Gasteiger partial charge in [0.15, 0.2) is 0 Å². The van der Waals surface area contributed by atoms with Crippen LogP contribution in [0.25, 0.3) is 0 Å². The van der Waals surface area contributed by atoms with Gasteiger partial charge in [-0.05, 0) is 60.8 Å². The molecule has 0 bridgehead atoms. The first kappa shape index (κ1) is 21.4. The van der Waals surface area contributed by atoms with Crippen molar-refractivity contribution in [2.45, 2.75) is 25.4 Å². The van der Waals surface area contributed by atoms with Crippen LogP contribution in [-0.4, -0.2) is 18.7 Å². The monoisotopic (exact) mass is 396 g/mol. The number of nitrogens with zero attached hydrogens (tertiary/aromatic N) is 1. The highest BCUT2D eigenvalue weighted by atomic mass is 19.4. The number of carbonyl (C=O) groups is 1. The van der Waals surface area contributed by atoms with E-state index in [4.69, 9.17) is 11.6 Å². The minimum Gasteiger partial charge on any atom is -0.330 e. The largest absolute Gasteiger partial charge is 0.419 e. The second-order valence-corrected chi connectivity index (χ2v) is 6.21. The van der Waals surface area contributed by atoms with Gasteiger partial charge in [-0.3, -0.25) is 4.79 Å². The Bertz CT molecular complexity index is 881. The molecule has 28 heavy (non-hydrogen) atoms. The Morgan fingerprint density at radius 3 is 2.57 bits per heavy atom. The maximum Gasteiger partial charge on any atom is 0.419 e. The van der Waals surface area contributed by atoms with Crippen molar-refractivity contribution < 1.29 is 22.4 Å². The summed E-state index contributed by atoms with van der Waals surface area (Å²) in [5.74, 6) is 2.23. The van der Waals surface area contributed by atoms with Crippen LogP contribution in [-0.2, 0) is 11.0 Å². The number of amides is 1. The normalized spacial score (nSPS) is 12.9. The highest BCUT2D eigenvalue weighted by molar-refractivity contribution is 5.97. The zero-order valence-corrected chi connectivity index (χ0v) is 15.1. The van der Waals surface area contributed by atoms with Gasteiger partial charge in [-0.25, -0.2) is 4.39 Å². The summed E-state index contributed by atoms with van der Waals surface area (Å²) < 4.78 is 52.5. The van der Waals surface area contributed by atoms with Gasteiger partial charge in [-0.15, -0.1) is 0 Å². The average molecular weight is 396 g/mol. The molecule has 0 aliphatic carbocycles. The van der Waals surface area contributed by atoms with Crippen molar-refractivity contribution in [1.29, 1.82) is 0 Å². The van der Waals surface area contributed by atoms with Crippen LogP contribution in [0.1, 0.15) is 34.6 Å². The lowest BCUT2D eigenvalue weighted by Crippen LogP contribution is -2.24. The molecule has 0 heterocycles. The molecule has 0 saturated heterocycles. The third kappa shape index (κ3) is 5.07. The smallest absolute Gasteiger partial charge is 0.330 e. The third-order valence-corrected chi connectivity index (χ3v) is 4.23. The van der Waals surface area contributed by atoms with Crippen molar-refractivity contribution in [1.82, 2.24) is 0 Å². The van der Waals surface area contributed by atoms with Crippen LogP contribution in [0.4, 0.5) is 23.2 Å². The molecule has 2 rings (SSSR count). The van der Waals surface area contributed by atoms with Crippen LogP contribution in [0.5, 0.6) is 0 Å². The lowest BCUT2D eigenvalue weighted by atomic mass is 9.92. The van der Waals surface area contributed by atoms with Gasteiger partial charge in [-0.1, -0.05) is 12.1 Å². The molecule has 1 unspecified atom stereocenters. The lowest BCUT2D eigenvalue weighted by molar-refractivity contribution is -0.140. The van der Waals surface area contributed by atoms with Crippen molar-refractivity contribution in [3.8, 4) is 0 Å². The molecule has 1 atom stereocenters. The van der Waals surface area contributed by atoms with E-state index in [0.717, 1.165) is 11.6 Å². The van der Waals surface area contributed by atoms with Crippen molar-refractivity contribution in [3.63, 3.8) is 0 Å². The lowest BCUT2D eigenvalue weighted by Gasteiger charge is -2.19. The number of hydrogen-bond donors (Lipinski definition) is 3. The number of benzene rings is 2. The number of alkyl halides is 3. The van der Waals surface area contributed by atoms with E-state index in [-0.39, 0.29) is 18.5 Å². The number of halogens is 4. The second-order valence-electron chi connectivity index (χ2n) is 6.21. The number of nitrogens with one attached hydrogen (secondary N) is 1. The Morgan fingerprint density at radius 2 is 1.96 bits per heavy atom. The molecule has 2 aromatic carbocycles. The topological polar surface area (TPSA) is 93.5 Å². The molecule has 9 heteroatoms. The summed E-state index contributed by atoms with van der Waals surface area (Å²) in [5.41, 5.74) is 6.12. The molecule has 1 amide bonds. The van der Waals surface area contributed by atoms with Gasteiger partial charge in [0.05, 0.1) is 17.7 Å². The Balaban J connectivity index is 2.34. The van der Waals surface area contributed by atoms with E-state index in [0.29, 0.717) is 23.4 Å². The SMILES string of the molecule is Cc1ccc(NC(=O)C(CCN)c2ccc(F)c(C(F)(F)F)c2)cc1/C=N/N. The van der Waals surface area contributed by atoms with Crippen molar-refractivity contribution in [2.24, 2.45) is 16.7 Å². The number of anilines is 1. The van der Waals surface area contributed by atoms with E-state index in [1.807, 2.05) is 6.92 Å². The Kier molecular flexibility index (Phi) is 6.74. The highest BCUT2D eigenvalue weighted by Gasteiger charge is 2.35. The minimum atomic E-state index is -4.86. The molecule has 0 aliphatic rings. The third-order valence-electron chi connectivity index (χ3n) is 4.23. The van der Waals surface area contributed by atoms with E-state index in [9.17, 15) is 22.4 Å². The second kappa shape index (κ2) is 8.83. The van der Waals surface area contributed by atoms with Gasteiger partial charge in [0.2, 0.25) is 5.91 Å². The van der Waals surface area contributed by atoms with E-state index < -0.39 is 29.4 Å². The van der Waals surface area contributed by atoms with Crippen LogP contribution in [0, 0.1) is 12.7 Å². The molecule has 5 N–H and O–H groups in total. The van der Waals surface area contributed by atoms with Crippen LogP contribution < -0.4 is 16.9 Å². The van der Waals surface area contributed by atoms with Gasteiger partial charge in [-0.2, -0.15) is 18.3 Å². The Labute approximate surface area is 159 Å². The number of carbonyl (C=O) groups excluding carboxylic acids is 1. The van der Waals surface area contributed by atoms with Gasteiger partial charge in [0, 0.05) is 5.69 Å². The van der Waals surface area contributed by atoms with Gasteiger partial charge >= 0.3 is 6.18 Å². The number of hydrogen-bond acceptors (Lipinski definition) is 4. The van der Waals surface area contributed by atoms with E-state index in [1.165, 1.54) is 6.21 Å². The van der Waals surface area contributed by atoms with Crippen molar-refractivity contribution in [2.75, 3.05) is 11.9 Å². The van der Waals surface area contributed by atoms with Crippen LogP contribution in [0.3, 0.4) is 0 Å².